The zero-order chi connectivity index (χ0) is 23.4. The molecule has 9 heteroatoms. The van der Waals surface area contributed by atoms with Gasteiger partial charge in [-0.1, -0.05) is 18.2 Å². The van der Waals surface area contributed by atoms with Crippen molar-refractivity contribution in [3.63, 3.8) is 0 Å². The lowest BCUT2D eigenvalue weighted by molar-refractivity contribution is 0.237. The Morgan fingerprint density at radius 3 is 2.56 bits per heavy atom. The number of allylic oxidation sites excluding steroid dienone is 4. The second-order valence-corrected chi connectivity index (χ2v) is 9.94. The lowest BCUT2D eigenvalue weighted by atomic mass is 9.96. The Balaban J connectivity index is 1.84. The molecule has 8 nitrogen and oxygen atoms in total. The number of urea groups is 1. The van der Waals surface area contributed by atoms with Gasteiger partial charge < -0.3 is 14.8 Å². The molecule has 0 aliphatic heterocycles. The Labute approximate surface area is 188 Å². The van der Waals surface area contributed by atoms with Gasteiger partial charge >= 0.3 is 6.03 Å². The van der Waals surface area contributed by atoms with Crippen LogP contribution in [0.15, 0.2) is 65.5 Å². The van der Waals surface area contributed by atoms with E-state index in [9.17, 15) is 13.2 Å². The Kier molecular flexibility index (Phi) is 6.88. The molecule has 0 saturated heterocycles. The van der Waals surface area contributed by atoms with E-state index in [1.165, 1.54) is 12.3 Å². The Morgan fingerprint density at radius 2 is 1.91 bits per heavy atom. The molecule has 0 unspecified atom stereocenters. The first-order valence-corrected chi connectivity index (χ1v) is 11.6. The van der Waals surface area contributed by atoms with Crippen LogP contribution in [0.4, 0.5) is 4.79 Å². The maximum absolute atomic E-state index is 12.8. The fraction of sp³-hybridized carbons (Fsp3) is 0.304. The molecule has 170 valence electrons. The molecule has 2 N–H and O–H groups in total. The highest BCUT2D eigenvalue weighted by Crippen LogP contribution is 2.32. The molecule has 0 atom stereocenters. The summed E-state index contributed by atoms with van der Waals surface area (Å²) in [6, 6.07) is 7.99. The number of rotatable bonds is 6. The average Bonchev–Trinajstić information content (AvgIpc) is 2.72. The van der Waals surface area contributed by atoms with E-state index in [2.05, 4.69) is 10.3 Å². The Bertz CT molecular complexity index is 1160. The fourth-order valence-electron chi connectivity index (χ4n) is 3.11. The van der Waals surface area contributed by atoms with Crippen molar-refractivity contribution in [3.05, 3.63) is 66.2 Å². The van der Waals surface area contributed by atoms with Crippen molar-refractivity contribution in [2.24, 2.45) is 0 Å². The Hall–Kier alpha value is -3.33. The van der Waals surface area contributed by atoms with Gasteiger partial charge in [-0.25, -0.2) is 17.9 Å². The molecule has 2 amide bonds. The third-order valence-electron chi connectivity index (χ3n) is 4.56. The van der Waals surface area contributed by atoms with Crippen LogP contribution in [0.1, 0.15) is 39.2 Å². The molecule has 0 bridgehead atoms. The quantitative estimate of drug-likeness (QED) is 0.667. The molecule has 1 aromatic heterocycles. The Morgan fingerprint density at radius 1 is 1.12 bits per heavy atom. The summed E-state index contributed by atoms with van der Waals surface area (Å²) in [7, 11) is -2.55. The van der Waals surface area contributed by atoms with Crippen molar-refractivity contribution >= 4 is 21.6 Å². The predicted octanol–water partition coefficient (Wildman–Crippen LogP) is 4.37. The highest BCUT2D eigenvalue weighted by molar-refractivity contribution is 7.90. The molecule has 0 radical (unpaired) electrons. The van der Waals surface area contributed by atoms with Gasteiger partial charge in [0, 0.05) is 24.2 Å². The van der Waals surface area contributed by atoms with E-state index < -0.39 is 21.6 Å². The zero-order valence-electron chi connectivity index (χ0n) is 18.5. The van der Waals surface area contributed by atoms with Crippen LogP contribution in [0.5, 0.6) is 11.5 Å². The van der Waals surface area contributed by atoms with Gasteiger partial charge in [0.2, 0.25) is 0 Å². The summed E-state index contributed by atoms with van der Waals surface area (Å²) >= 11 is 0. The number of methoxy groups -OCH3 is 1. The van der Waals surface area contributed by atoms with Crippen molar-refractivity contribution < 1.29 is 22.7 Å². The van der Waals surface area contributed by atoms with Crippen LogP contribution in [0.25, 0.3) is 5.57 Å². The second kappa shape index (κ2) is 9.44. The summed E-state index contributed by atoms with van der Waals surface area (Å²) < 4.78 is 38.8. The zero-order valence-corrected chi connectivity index (χ0v) is 19.3. The van der Waals surface area contributed by atoms with Crippen LogP contribution >= 0.6 is 0 Å². The van der Waals surface area contributed by atoms with E-state index in [1.54, 1.807) is 33.9 Å². The van der Waals surface area contributed by atoms with Crippen LogP contribution in [-0.2, 0) is 14.8 Å². The molecule has 3 rings (SSSR count). The van der Waals surface area contributed by atoms with E-state index in [4.69, 9.17) is 9.47 Å². The van der Waals surface area contributed by atoms with E-state index in [-0.39, 0.29) is 10.6 Å². The monoisotopic (exact) mass is 457 g/mol. The van der Waals surface area contributed by atoms with Crippen LogP contribution < -0.4 is 14.8 Å². The molecular weight excluding hydrogens is 430 g/mol. The first-order valence-electron chi connectivity index (χ1n) is 10.1. The maximum atomic E-state index is 12.8. The average molecular weight is 458 g/mol. The number of amides is 2. The highest BCUT2D eigenvalue weighted by atomic mass is 32.2. The van der Waals surface area contributed by atoms with Crippen molar-refractivity contribution in [2.75, 3.05) is 7.11 Å². The number of sulfonamides is 1. The smallest absolute Gasteiger partial charge is 0.329 e. The van der Waals surface area contributed by atoms with Gasteiger partial charge in [-0.2, -0.15) is 0 Å². The van der Waals surface area contributed by atoms with Gasteiger partial charge in [-0.05, 0) is 56.5 Å². The number of nitrogens with zero attached hydrogens (tertiary/aromatic N) is 1. The molecule has 1 aliphatic rings. The van der Waals surface area contributed by atoms with Gasteiger partial charge in [0.1, 0.15) is 10.6 Å². The topological polar surface area (TPSA) is 107 Å². The minimum absolute atomic E-state index is 0.0624. The minimum Gasteiger partial charge on any atom is -0.501 e. The second-order valence-electron chi connectivity index (χ2n) is 8.29. The van der Waals surface area contributed by atoms with Crippen LogP contribution in [0.2, 0.25) is 0 Å². The van der Waals surface area contributed by atoms with Gasteiger partial charge in [0.05, 0.1) is 19.1 Å². The lowest BCUT2D eigenvalue weighted by Crippen LogP contribution is -2.48. The number of benzene rings is 1. The third-order valence-corrected chi connectivity index (χ3v) is 5.90. The van der Waals surface area contributed by atoms with Gasteiger partial charge in [0.25, 0.3) is 10.0 Å². The molecule has 32 heavy (non-hydrogen) atoms. The largest absolute Gasteiger partial charge is 0.501 e. The third kappa shape index (κ3) is 6.10. The molecular formula is C23H27N3O5S. The SMILES string of the molecule is COC1=CC=C(c2cccc(Oc3ccncc3S(=O)(=O)NC(=O)NC(C)(C)C)c2)CC1. The molecule has 0 fully saturated rings. The van der Waals surface area contributed by atoms with Crippen molar-refractivity contribution in [1.29, 1.82) is 0 Å². The standard InChI is InChI=1S/C23H27N3O5S/c1-23(2,3)25-22(27)26-32(28,29)21-15-24-13-12-20(21)31-19-7-5-6-17(14-19)16-8-10-18(30-4)11-9-16/h5-8,10,12-15H,9,11H2,1-4H3,(H2,25,26,27). The van der Waals surface area contributed by atoms with E-state index in [1.807, 2.05) is 35.1 Å². The molecule has 2 aromatic rings. The first-order chi connectivity index (χ1) is 15.1. The summed E-state index contributed by atoms with van der Waals surface area (Å²) in [5, 5.41) is 2.56. The number of hydrogen-bond donors (Lipinski definition) is 2. The minimum atomic E-state index is -4.20. The number of carbonyl (C=O) groups is 1. The molecule has 0 spiro atoms. The summed E-state index contributed by atoms with van der Waals surface area (Å²) in [5.74, 6) is 1.45. The van der Waals surface area contributed by atoms with E-state index in [0.717, 1.165) is 35.9 Å². The fourth-order valence-corrected chi connectivity index (χ4v) is 4.09. The number of pyridine rings is 1. The van der Waals surface area contributed by atoms with E-state index >= 15 is 0 Å². The van der Waals surface area contributed by atoms with Gasteiger partial charge in [0.15, 0.2) is 5.75 Å². The van der Waals surface area contributed by atoms with Crippen LogP contribution in [-0.4, -0.2) is 32.1 Å². The van der Waals surface area contributed by atoms with Crippen LogP contribution in [0, 0.1) is 0 Å². The summed E-state index contributed by atoms with van der Waals surface area (Å²) in [5.41, 5.74) is 1.50. The number of nitrogens with one attached hydrogen (secondary N) is 2. The summed E-state index contributed by atoms with van der Waals surface area (Å²) in [6.45, 7) is 5.25. The summed E-state index contributed by atoms with van der Waals surface area (Å²) in [6.07, 6.45) is 8.14. The van der Waals surface area contributed by atoms with Crippen molar-refractivity contribution in [3.8, 4) is 11.5 Å². The predicted molar refractivity (Wildman–Crippen MR) is 122 cm³/mol. The highest BCUT2D eigenvalue weighted by Gasteiger charge is 2.25. The lowest BCUT2D eigenvalue weighted by Gasteiger charge is -2.21. The summed E-state index contributed by atoms with van der Waals surface area (Å²) in [4.78, 5) is 15.7. The molecule has 1 aromatic carbocycles. The van der Waals surface area contributed by atoms with Gasteiger partial charge in [-0.3, -0.25) is 4.98 Å². The van der Waals surface area contributed by atoms with Crippen molar-refractivity contribution in [1.82, 2.24) is 15.0 Å². The molecule has 1 aliphatic carbocycles. The number of ether oxygens (including phenoxy) is 2. The number of aromatic nitrogens is 1. The number of carbonyl (C=O) groups excluding carboxylic acids is 1. The molecule has 0 saturated carbocycles. The van der Waals surface area contributed by atoms with Crippen LogP contribution in [0.3, 0.4) is 0 Å². The number of hydrogen-bond acceptors (Lipinski definition) is 6. The first kappa shape index (κ1) is 23.3. The van der Waals surface area contributed by atoms with Crippen molar-refractivity contribution in [2.45, 2.75) is 44.0 Å². The van der Waals surface area contributed by atoms with Gasteiger partial charge in [-0.15, -0.1) is 0 Å². The molecule has 1 heterocycles. The normalized spacial score (nSPS) is 14.1. The van der Waals surface area contributed by atoms with E-state index in [0.29, 0.717) is 5.75 Å². The maximum Gasteiger partial charge on any atom is 0.329 e.